The van der Waals surface area contributed by atoms with Gasteiger partial charge in [-0.05, 0) is 43.2 Å². The molecule has 4 heteroatoms. The number of nitrogens with one attached hydrogen (secondary N) is 1. The minimum atomic E-state index is -0.234. The third kappa shape index (κ3) is 3.34. The molecular weight excluding hydrogens is 360 g/mol. The van der Waals surface area contributed by atoms with Crippen molar-refractivity contribution < 1.29 is 4.79 Å². The SMILES string of the molecule is Cc1cccc(-c2c(NC(=O)c3ccccc3C)n(C)c3ccccc3c2=O)c1. The molecule has 1 amide bonds. The topological polar surface area (TPSA) is 51.1 Å². The first-order valence-corrected chi connectivity index (χ1v) is 9.53. The fraction of sp³-hybridized carbons (Fsp3) is 0.120. The zero-order valence-electron chi connectivity index (χ0n) is 16.7. The normalized spacial score (nSPS) is 10.9. The van der Waals surface area contributed by atoms with E-state index in [0.29, 0.717) is 22.3 Å². The van der Waals surface area contributed by atoms with E-state index in [1.165, 1.54) is 0 Å². The van der Waals surface area contributed by atoms with Gasteiger partial charge in [0.05, 0.1) is 11.1 Å². The number of carbonyl (C=O) groups excluding carboxylic acids is 1. The standard InChI is InChI=1S/C25H22N2O2/c1-16-9-8-11-18(15-16)22-23(28)20-13-6-7-14-21(20)27(3)24(22)26-25(29)19-12-5-4-10-17(19)2/h4-15H,1-3H3,(H,26,29). The fourth-order valence-electron chi connectivity index (χ4n) is 3.71. The van der Waals surface area contributed by atoms with E-state index < -0.39 is 0 Å². The van der Waals surface area contributed by atoms with E-state index in [9.17, 15) is 9.59 Å². The number of para-hydroxylation sites is 1. The van der Waals surface area contributed by atoms with Crippen LogP contribution in [-0.2, 0) is 7.05 Å². The van der Waals surface area contributed by atoms with Crippen molar-refractivity contribution >= 4 is 22.6 Å². The largest absolute Gasteiger partial charge is 0.330 e. The predicted octanol–water partition coefficient (Wildman–Crippen LogP) is 5.07. The summed E-state index contributed by atoms with van der Waals surface area (Å²) >= 11 is 0. The van der Waals surface area contributed by atoms with Crippen LogP contribution in [0.3, 0.4) is 0 Å². The Morgan fingerprint density at radius 1 is 0.897 bits per heavy atom. The van der Waals surface area contributed by atoms with E-state index in [4.69, 9.17) is 0 Å². The zero-order valence-corrected chi connectivity index (χ0v) is 16.7. The average molecular weight is 382 g/mol. The van der Waals surface area contributed by atoms with Gasteiger partial charge in [0, 0.05) is 18.0 Å². The van der Waals surface area contributed by atoms with E-state index in [0.717, 1.165) is 22.2 Å². The number of nitrogens with zero attached hydrogens (tertiary/aromatic N) is 1. The van der Waals surface area contributed by atoms with Gasteiger partial charge in [-0.3, -0.25) is 9.59 Å². The Morgan fingerprint density at radius 2 is 1.62 bits per heavy atom. The Morgan fingerprint density at radius 3 is 2.38 bits per heavy atom. The van der Waals surface area contributed by atoms with Gasteiger partial charge >= 0.3 is 0 Å². The Bertz CT molecular complexity index is 1300. The Kier molecular flexibility index (Phi) is 4.77. The first-order chi connectivity index (χ1) is 14.0. The molecule has 0 fully saturated rings. The Labute approximate surface area is 169 Å². The minimum absolute atomic E-state index is 0.0932. The maximum atomic E-state index is 13.4. The fourth-order valence-corrected chi connectivity index (χ4v) is 3.71. The van der Waals surface area contributed by atoms with Gasteiger partial charge in [0.1, 0.15) is 5.82 Å². The van der Waals surface area contributed by atoms with Gasteiger partial charge in [0.15, 0.2) is 5.43 Å². The smallest absolute Gasteiger partial charge is 0.257 e. The molecule has 0 unspecified atom stereocenters. The molecule has 0 aliphatic rings. The number of rotatable bonds is 3. The van der Waals surface area contributed by atoms with Gasteiger partial charge in [-0.2, -0.15) is 0 Å². The van der Waals surface area contributed by atoms with Gasteiger partial charge in [-0.25, -0.2) is 0 Å². The second kappa shape index (κ2) is 7.40. The summed E-state index contributed by atoms with van der Waals surface area (Å²) in [7, 11) is 1.87. The highest BCUT2D eigenvalue weighted by Crippen LogP contribution is 2.29. The molecule has 1 heterocycles. The number of amides is 1. The van der Waals surface area contributed by atoms with Crippen LogP contribution in [0.25, 0.3) is 22.0 Å². The minimum Gasteiger partial charge on any atom is -0.330 e. The molecular formula is C25H22N2O2. The van der Waals surface area contributed by atoms with Crippen molar-refractivity contribution in [1.29, 1.82) is 0 Å². The number of aryl methyl sites for hydroxylation is 3. The first-order valence-electron chi connectivity index (χ1n) is 9.53. The average Bonchev–Trinajstić information content (AvgIpc) is 2.72. The maximum Gasteiger partial charge on any atom is 0.257 e. The van der Waals surface area contributed by atoms with Crippen LogP contribution in [0.5, 0.6) is 0 Å². The van der Waals surface area contributed by atoms with Crippen molar-refractivity contribution in [2.45, 2.75) is 13.8 Å². The number of carbonyl (C=O) groups is 1. The van der Waals surface area contributed by atoms with Crippen molar-refractivity contribution in [2.75, 3.05) is 5.32 Å². The summed E-state index contributed by atoms with van der Waals surface area (Å²) in [6.07, 6.45) is 0. The second-order valence-electron chi connectivity index (χ2n) is 7.27. The third-order valence-electron chi connectivity index (χ3n) is 5.24. The highest BCUT2D eigenvalue weighted by Gasteiger charge is 2.20. The lowest BCUT2D eigenvalue weighted by atomic mass is 10.0. The van der Waals surface area contributed by atoms with Crippen LogP contribution in [0.2, 0.25) is 0 Å². The van der Waals surface area contributed by atoms with Crippen molar-refractivity contribution in [3.05, 3.63) is 99.7 Å². The molecule has 0 spiro atoms. The molecule has 144 valence electrons. The predicted molar refractivity (Wildman–Crippen MR) is 118 cm³/mol. The number of anilines is 1. The van der Waals surface area contributed by atoms with Gasteiger partial charge < -0.3 is 9.88 Å². The lowest BCUT2D eigenvalue weighted by molar-refractivity contribution is 0.102. The van der Waals surface area contributed by atoms with Crippen molar-refractivity contribution in [2.24, 2.45) is 7.05 Å². The molecule has 4 nitrogen and oxygen atoms in total. The van der Waals surface area contributed by atoms with Crippen LogP contribution >= 0.6 is 0 Å². The van der Waals surface area contributed by atoms with Crippen LogP contribution in [0.1, 0.15) is 21.5 Å². The number of benzene rings is 3. The van der Waals surface area contributed by atoms with Gasteiger partial charge in [-0.15, -0.1) is 0 Å². The molecule has 0 saturated heterocycles. The highest BCUT2D eigenvalue weighted by molar-refractivity contribution is 6.07. The summed E-state index contributed by atoms with van der Waals surface area (Å²) < 4.78 is 1.88. The highest BCUT2D eigenvalue weighted by atomic mass is 16.1. The van der Waals surface area contributed by atoms with Gasteiger partial charge in [0.25, 0.3) is 5.91 Å². The number of hydrogen-bond donors (Lipinski definition) is 1. The van der Waals surface area contributed by atoms with Crippen LogP contribution in [0.4, 0.5) is 5.82 Å². The molecule has 29 heavy (non-hydrogen) atoms. The molecule has 0 aliphatic heterocycles. The van der Waals surface area contributed by atoms with Crippen molar-refractivity contribution in [3.8, 4) is 11.1 Å². The second-order valence-corrected chi connectivity index (χ2v) is 7.27. The summed E-state index contributed by atoms with van der Waals surface area (Å²) in [6.45, 7) is 3.89. The first kappa shape index (κ1) is 18.7. The van der Waals surface area contributed by atoms with Gasteiger partial charge in [-0.1, -0.05) is 60.2 Å². The molecule has 1 aromatic heterocycles. The summed E-state index contributed by atoms with van der Waals surface area (Å²) in [5.74, 6) is 0.259. The monoisotopic (exact) mass is 382 g/mol. The van der Waals surface area contributed by atoms with Crippen LogP contribution in [0, 0.1) is 13.8 Å². The lowest BCUT2D eigenvalue weighted by Gasteiger charge is -2.19. The number of fused-ring (bicyclic) bond motifs is 1. The summed E-state index contributed by atoms with van der Waals surface area (Å²) in [5, 5.41) is 3.64. The number of pyridine rings is 1. The van der Waals surface area contributed by atoms with E-state index in [2.05, 4.69) is 5.32 Å². The van der Waals surface area contributed by atoms with E-state index in [-0.39, 0.29) is 11.3 Å². The van der Waals surface area contributed by atoms with Crippen molar-refractivity contribution in [1.82, 2.24) is 4.57 Å². The Hall–Kier alpha value is -3.66. The quantitative estimate of drug-likeness (QED) is 0.537. The number of hydrogen-bond acceptors (Lipinski definition) is 2. The molecule has 0 saturated carbocycles. The molecule has 4 rings (SSSR count). The van der Waals surface area contributed by atoms with Crippen molar-refractivity contribution in [3.63, 3.8) is 0 Å². The van der Waals surface area contributed by atoms with Crippen LogP contribution in [-0.4, -0.2) is 10.5 Å². The van der Waals surface area contributed by atoms with Crippen LogP contribution in [0.15, 0.2) is 77.6 Å². The lowest BCUT2D eigenvalue weighted by Crippen LogP contribution is -2.22. The Balaban J connectivity index is 1.98. The molecule has 0 atom stereocenters. The summed E-state index contributed by atoms with van der Waals surface area (Å²) in [5.41, 5.74) is 4.48. The third-order valence-corrected chi connectivity index (χ3v) is 5.24. The molecule has 0 bridgehead atoms. The molecule has 3 aromatic carbocycles. The molecule has 1 N–H and O–H groups in total. The molecule has 0 aliphatic carbocycles. The summed E-state index contributed by atoms with van der Waals surface area (Å²) in [4.78, 5) is 26.5. The van der Waals surface area contributed by atoms with Crippen LogP contribution < -0.4 is 10.7 Å². The zero-order chi connectivity index (χ0) is 20.5. The van der Waals surface area contributed by atoms with Gasteiger partial charge in [0.2, 0.25) is 0 Å². The van der Waals surface area contributed by atoms with E-state index in [1.54, 1.807) is 6.07 Å². The molecule has 0 radical (unpaired) electrons. The number of aromatic nitrogens is 1. The molecule has 4 aromatic rings. The van der Waals surface area contributed by atoms with E-state index in [1.807, 2.05) is 92.2 Å². The van der Waals surface area contributed by atoms with E-state index >= 15 is 0 Å². The maximum absolute atomic E-state index is 13.4. The summed E-state index contributed by atoms with van der Waals surface area (Å²) in [6, 6.07) is 22.7.